The Morgan fingerprint density at radius 2 is 2.14 bits per heavy atom. The van der Waals surface area contributed by atoms with Crippen molar-refractivity contribution in [3.63, 3.8) is 0 Å². The molecule has 0 amide bonds. The number of fused-ring (bicyclic) bond motifs is 1. The first kappa shape index (κ1) is 10.0. The third-order valence-electron chi connectivity index (χ3n) is 3.27. The van der Waals surface area contributed by atoms with Crippen LogP contribution in [0, 0.1) is 5.92 Å². The van der Waals surface area contributed by atoms with Crippen molar-refractivity contribution < 1.29 is 0 Å². The SMILES string of the molecule is CC(C)C1CCCc2ccc(Cl)cc21. The van der Waals surface area contributed by atoms with Gasteiger partial charge in [-0.15, -0.1) is 0 Å². The van der Waals surface area contributed by atoms with Crippen molar-refractivity contribution in [1.82, 2.24) is 0 Å². The molecule has 0 heterocycles. The Morgan fingerprint density at radius 1 is 1.36 bits per heavy atom. The van der Waals surface area contributed by atoms with Crippen LogP contribution in [0.4, 0.5) is 0 Å². The van der Waals surface area contributed by atoms with Crippen molar-refractivity contribution in [2.75, 3.05) is 0 Å². The number of rotatable bonds is 1. The number of aryl methyl sites for hydroxylation is 1. The van der Waals surface area contributed by atoms with Crippen LogP contribution in [-0.2, 0) is 6.42 Å². The molecule has 0 fully saturated rings. The molecular formula is C13H17Cl. The fourth-order valence-corrected chi connectivity index (χ4v) is 2.68. The molecule has 1 aliphatic rings. The van der Waals surface area contributed by atoms with E-state index in [1.165, 1.54) is 30.4 Å². The monoisotopic (exact) mass is 208 g/mol. The van der Waals surface area contributed by atoms with Gasteiger partial charge < -0.3 is 0 Å². The van der Waals surface area contributed by atoms with Crippen molar-refractivity contribution in [2.24, 2.45) is 5.92 Å². The zero-order chi connectivity index (χ0) is 10.1. The Labute approximate surface area is 91.3 Å². The molecule has 1 aliphatic carbocycles. The van der Waals surface area contributed by atoms with Crippen LogP contribution in [0.3, 0.4) is 0 Å². The molecule has 0 nitrogen and oxygen atoms in total. The van der Waals surface area contributed by atoms with Gasteiger partial charge in [-0.05, 0) is 54.4 Å². The van der Waals surface area contributed by atoms with Gasteiger partial charge in [0.15, 0.2) is 0 Å². The van der Waals surface area contributed by atoms with E-state index in [-0.39, 0.29) is 0 Å². The molecule has 0 N–H and O–H groups in total. The molecule has 14 heavy (non-hydrogen) atoms. The summed E-state index contributed by atoms with van der Waals surface area (Å²) in [5.41, 5.74) is 3.01. The third kappa shape index (κ3) is 1.81. The molecule has 0 radical (unpaired) electrons. The Bertz CT molecular complexity index is 328. The summed E-state index contributed by atoms with van der Waals surface area (Å²) < 4.78 is 0. The molecule has 0 saturated carbocycles. The second-order valence-electron chi connectivity index (χ2n) is 4.59. The van der Waals surface area contributed by atoms with E-state index in [1.807, 2.05) is 6.07 Å². The first-order valence-corrected chi connectivity index (χ1v) is 5.84. The third-order valence-corrected chi connectivity index (χ3v) is 3.51. The lowest BCUT2D eigenvalue weighted by Crippen LogP contribution is -2.14. The first-order valence-electron chi connectivity index (χ1n) is 5.47. The summed E-state index contributed by atoms with van der Waals surface area (Å²) in [6.45, 7) is 4.61. The number of hydrogen-bond donors (Lipinski definition) is 0. The average Bonchev–Trinajstić information content (AvgIpc) is 2.16. The van der Waals surface area contributed by atoms with Crippen LogP contribution in [-0.4, -0.2) is 0 Å². The van der Waals surface area contributed by atoms with Gasteiger partial charge in [0, 0.05) is 5.02 Å². The van der Waals surface area contributed by atoms with Crippen LogP contribution in [0.5, 0.6) is 0 Å². The van der Waals surface area contributed by atoms with E-state index in [2.05, 4.69) is 26.0 Å². The zero-order valence-corrected chi connectivity index (χ0v) is 9.64. The van der Waals surface area contributed by atoms with Crippen LogP contribution in [0.2, 0.25) is 5.02 Å². The van der Waals surface area contributed by atoms with E-state index < -0.39 is 0 Å². The second kappa shape index (κ2) is 3.94. The molecular weight excluding hydrogens is 192 g/mol. The van der Waals surface area contributed by atoms with Gasteiger partial charge in [0.2, 0.25) is 0 Å². The highest BCUT2D eigenvalue weighted by Crippen LogP contribution is 2.37. The largest absolute Gasteiger partial charge is 0.0843 e. The van der Waals surface area contributed by atoms with Gasteiger partial charge in [0.05, 0.1) is 0 Å². The van der Waals surface area contributed by atoms with Gasteiger partial charge in [0.25, 0.3) is 0 Å². The molecule has 1 aromatic rings. The van der Waals surface area contributed by atoms with Crippen molar-refractivity contribution in [3.8, 4) is 0 Å². The van der Waals surface area contributed by atoms with Gasteiger partial charge in [-0.1, -0.05) is 31.5 Å². The minimum Gasteiger partial charge on any atom is -0.0843 e. The van der Waals surface area contributed by atoms with Gasteiger partial charge in [-0.3, -0.25) is 0 Å². The predicted octanol–water partition coefficient (Wildman–Crippen LogP) is 4.42. The summed E-state index contributed by atoms with van der Waals surface area (Å²) >= 11 is 6.05. The maximum Gasteiger partial charge on any atom is 0.0409 e. The van der Waals surface area contributed by atoms with Crippen molar-refractivity contribution >= 4 is 11.6 Å². The average molecular weight is 209 g/mol. The summed E-state index contributed by atoms with van der Waals surface area (Å²) in [6, 6.07) is 6.38. The predicted molar refractivity (Wildman–Crippen MR) is 62.0 cm³/mol. The highest BCUT2D eigenvalue weighted by Gasteiger charge is 2.22. The molecule has 0 saturated heterocycles. The maximum absolute atomic E-state index is 6.05. The molecule has 0 aliphatic heterocycles. The summed E-state index contributed by atoms with van der Waals surface area (Å²) in [5.74, 6) is 1.45. The van der Waals surface area contributed by atoms with Crippen molar-refractivity contribution in [1.29, 1.82) is 0 Å². The fourth-order valence-electron chi connectivity index (χ4n) is 2.50. The molecule has 2 rings (SSSR count). The zero-order valence-electron chi connectivity index (χ0n) is 8.89. The molecule has 0 spiro atoms. The second-order valence-corrected chi connectivity index (χ2v) is 5.02. The molecule has 1 atom stereocenters. The van der Waals surface area contributed by atoms with Crippen molar-refractivity contribution in [2.45, 2.75) is 39.0 Å². The molecule has 1 unspecified atom stereocenters. The Kier molecular flexibility index (Phi) is 2.83. The van der Waals surface area contributed by atoms with Gasteiger partial charge in [-0.25, -0.2) is 0 Å². The van der Waals surface area contributed by atoms with Crippen molar-refractivity contribution in [3.05, 3.63) is 34.3 Å². The van der Waals surface area contributed by atoms with Crippen LogP contribution in [0.25, 0.3) is 0 Å². The molecule has 0 bridgehead atoms. The summed E-state index contributed by atoms with van der Waals surface area (Å²) in [4.78, 5) is 0. The highest BCUT2D eigenvalue weighted by atomic mass is 35.5. The lowest BCUT2D eigenvalue weighted by molar-refractivity contribution is 0.434. The van der Waals surface area contributed by atoms with Crippen LogP contribution in [0.15, 0.2) is 18.2 Å². The molecule has 76 valence electrons. The number of benzene rings is 1. The number of hydrogen-bond acceptors (Lipinski definition) is 0. The Morgan fingerprint density at radius 3 is 2.86 bits per heavy atom. The molecule has 1 heteroatoms. The number of halogens is 1. The topological polar surface area (TPSA) is 0 Å². The molecule has 0 aromatic heterocycles. The Hall–Kier alpha value is -0.490. The Balaban J connectivity index is 2.41. The van der Waals surface area contributed by atoms with Crippen LogP contribution < -0.4 is 0 Å². The van der Waals surface area contributed by atoms with Crippen LogP contribution >= 0.6 is 11.6 Å². The summed E-state index contributed by atoms with van der Waals surface area (Å²) in [6.07, 6.45) is 3.89. The van der Waals surface area contributed by atoms with E-state index in [9.17, 15) is 0 Å². The first-order chi connectivity index (χ1) is 6.68. The van der Waals surface area contributed by atoms with Crippen LogP contribution in [0.1, 0.15) is 43.7 Å². The quantitative estimate of drug-likeness (QED) is 0.641. The van der Waals surface area contributed by atoms with E-state index in [0.717, 1.165) is 16.9 Å². The normalized spacial score (nSPS) is 21.0. The summed E-state index contributed by atoms with van der Waals surface area (Å²) in [7, 11) is 0. The van der Waals surface area contributed by atoms with Gasteiger partial charge >= 0.3 is 0 Å². The fraction of sp³-hybridized carbons (Fsp3) is 0.538. The van der Waals surface area contributed by atoms with Gasteiger partial charge in [-0.2, -0.15) is 0 Å². The maximum atomic E-state index is 6.05. The van der Waals surface area contributed by atoms with E-state index in [1.54, 1.807) is 0 Å². The minimum absolute atomic E-state index is 0.720. The standard InChI is InChI=1S/C13H17Cl/c1-9(2)12-5-3-4-10-6-7-11(14)8-13(10)12/h6-9,12H,3-5H2,1-2H3. The lowest BCUT2D eigenvalue weighted by Gasteiger charge is -2.28. The van der Waals surface area contributed by atoms with E-state index in [4.69, 9.17) is 11.6 Å². The lowest BCUT2D eigenvalue weighted by atomic mass is 9.77. The smallest absolute Gasteiger partial charge is 0.0409 e. The molecule has 1 aromatic carbocycles. The highest BCUT2D eigenvalue weighted by molar-refractivity contribution is 6.30. The minimum atomic E-state index is 0.720. The van der Waals surface area contributed by atoms with Gasteiger partial charge in [0.1, 0.15) is 0 Å². The van der Waals surface area contributed by atoms with E-state index in [0.29, 0.717) is 0 Å². The summed E-state index contributed by atoms with van der Waals surface area (Å²) in [5, 5.41) is 0.885. The van der Waals surface area contributed by atoms with E-state index >= 15 is 0 Å².